The molecule has 2 heterocycles. The summed E-state index contributed by atoms with van der Waals surface area (Å²) in [6.45, 7) is 7.13. The molecule has 1 N–H and O–H groups in total. The predicted octanol–water partition coefficient (Wildman–Crippen LogP) is 3.57. The Morgan fingerprint density at radius 2 is 2.14 bits per heavy atom. The fourth-order valence-electron chi connectivity index (χ4n) is 2.81. The maximum atomic E-state index is 12.6. The fourth-order valence-corrected chi connectivity index (χ4v) is 3.95. The van der Waals surface area contributed by atoms with Crippen molar-refractivity contribution in [1.82, 2.24) is 9.88 Å². The van der Waals surface area contributed by atoms with Crippen LogP contribution in [0.1, 0.15) is 30.6 Å². The SMILES string of the molecule is CC1(C)CCN(CC(=O)c2c[nH]c3ccccc23)CCS1. The molecule has 0 atom stereocenters. The maximum Gasteiger partial charge on any atom is 0.178 e. The summed E-state index contributed by atoms with van der Waals surface area (Å²) in [5.41, 5.74) is 1.86. The molecular weight excluding hydrogens is 280 g/mol. The zero-order valence-corrected chi connectivity index (χ0v) is 13.5. The third-order valence-electron chi connectivity index (χ3n) is 4.19. The molecule has 0 aliphatic carbocycles. The van der Waals surface area contributed by atoms with E-state index in [1.807, 2.05) is 42.2 Å². The first-order valence-corrected chi connectivity index (χ1v) is 8.49. The van der Waals surface area contributed by atoms with Gasteiger partial charge in [0.05, 0.1) is 6.54 Å². The number of H-pyrrole nitrogens is 1. The molecule has 112 valence electrons. The Morgan fingerprint density at radius 1 is 1.33 bits per heavy atom. The molecule has 1 aromatic heterocycles. The molecule has 1 aliphatic heterocycles. The minimum absolute atomic E-state index is 0.220. The smallest absolute Gasteiger partial charge is 0.178 e. The lowest BCUT2D eigenvalue weighted by molar-refractivity contribution is 0.0935. The van der Waals surface area contributed by atoms with Crippen LogP contribution in [0.4, 0.5) is 0 Å². The van der Waals surface area contributed by atoms with Gasteiger partial charge in [-0.2, -0.15) is 11.8 Å². The third kappa shape index (κ3) is 3.33. The van der Waals surface area contributed by atoms with Crippen molar-refractivity contribution in [2.75, 3.05) is 25.4 Å². The lowest BCUT2D eigenvalue weighted by Crippen LogP contribution is -2.32. The second kappa shape index (κ2) is 5.85. The molecule has 0 radical (unpaired) electrons. The van der Waals surface area contributed by atoms with E-state index in [0.29, 0.717) is 11.3 Å². The molecule has 0 bridgehead atoms. The fraction of sp³-hybridized carbons (Fsp3) is 0.471. The van der Waals surface area contributed by atoms with Gasteiger partial charge in [-0.1, -0.05) is 32.0 Å². The number of hydrogen-bond acceptors (Lipinski definition) is 3. The van der Waals surface area contributed by atoms with Gasteiger partial charge in [-0.25, -0.2) is 0 Å². The van der Waals surface area contributed by atoms with E-state index in [1.54, 1.807) is 0 Å². The van der Waals surface area contributed by atoms with Gasteiger partial charge in [-0.15, -0.1) is 0 Å². The van der Waals surface area contributed by atoms with Crippen molar-refractivity contribution in [2.45, 2.75) is 25.0 Å². The Kier molecular flexibility index (Phi) is 4.09. The van der Waals surface area contributed by atoms with E-state index in [4.69, 9.17) is 0 Å². The molecule has 3 rings (SSSR count). The van der Waals surface area contributed by atoms with Crippen LogP contribution < -0.4 is 0 Å². The van der Waals surface area contributed by atoms with Crippen LogP contribution in [0, 0.1) is 0 Å². The lowest BCUT2D eigenvalue weighted by Gasteiger charge is -2.22. The van der Waals surface area contributed by atoms with Gasteiger partial charge in [-0.3, -0.25) is 9.69 Å². The second-order valence-electron chi connectivity index (χ2n) is 6.31. The van der Waals surface area contributed by atoms with Gasteiger partial charge in [0.25, 0.3) is 0 Å². The van der Waals surface area contributed by atoms with Crippen LogP contribution in [0.5, 0.6) is 0 Å². The molecule has 0 amide bonds. The van der Waals surface area contributed by atoms with E-state index in [2.05, 4.69) is 23.7 Å². The van der Waals surface area contributed by atoms with Crippen LogP contribution >= 0.6 is 11.8 Å². The van der Waals surface area contributed by atoms with Gasteiger partial charge in [0.1, 0.15) is 0 Å². The summed E-state index contributed by atoms with van der Waals surface area (Å²) in [5.74, 6) is 1.32. The molecule has 1 fully saturated rings. The molecule has 0 unspecified atom stereocenters. The Labute approximate surface area is 130 Å². The Hall–Kier alpha value is -1.26. The van der Waals surface area contributed by atoms with E-state index < -0.39 is 0 Å². The summed E-state index contributed by atoms with van der Waals surface area (Å²) in [6.07, 6.45) is 2.99. The molecule has 3 nitrogen and oxygen atoms in total. The molecule has 0 saturated carbocycles. The van der Waals surface area contributed by atoms with Gasteiger partial charge in [0.15, 0.2) is 5.78 Å². The van der Waals surface area contributed by atoms with Crippen LogP contribution in [0.3, 0.4) is 0 Å². The van der Waals surface area contributed by atoms with E-state index in [-0.39, 0.29) is 5.78 Å². The van der Waals surface area contributed by atoms with E-state index >= 15 is 0 Å². The summed E-state index contributed by atoms with van der Waals surface area (Å²) < 4.78 is 0.332. The number of Topliss-reactive ketones (excluding diaryl/α,β-unsaturated/α-hetero) is 1. The molecule has 0 spiro atoms. The molecule has 21 heavy (non-hydrogen) atoms. The van der Waals surface area contributed by atoms with Gasteiger partial charge in [0, 0.05) is 39.7 Å². The monoisotopic (exact) mass is 302 g/mol. The van der Waals surface area contributed by atoms with Crippen LogP contribution in [0.2, 0.25) is 0 Å². The number of carbonyl (C=O) groups excluding carboxylic acids is 1. The molecule has 1 aliphatic rings. The first kappa shape index (κ1) is 14.7. The number of thioether (sulfide) groups is 1. The highest BCUT2D eigenvalue weighted by atomic mass is 32.2. The van der Waals surface area contributed by atoms with Crippen molar-refractivity contribution in [3.63, 3.8) is 0 Å². The Bertz CT molecular complexity index is 647. The van der Waals surface area contributed by atoms with E-state index in [9.17, 15) is 4.79 Å². The number of aromatic nitrogens is 1. The minimum atomic E-state index is 0.220. The number of rotatable bonds is 3. The molecule has 4 heteroatoms. The van der Waals surface area contributed by atoms with E-state index in [0.717, 1.165) is 41.7 Å². The molecular formula is C17H22N2OS. The van der Waals surface area contributed by atoms with Gasteiger partial charge < -0.3 is 4.98 Å². The number of carbonyl (C=O) groups is 1. The minimum Gasteiger partial charge on any atom is -0.360 e. The van der Waals surface area contributed by atoms with Gasteiger partial charge >= 0.3 is 0 Å². The summed E-state index contributed by atoms with van der Waals surface area (Å²) >= 11 is 2.01. The molecule has 2 aromatic rings. The zero-order chi connectivity index (χ0) is 14.9. The number of aromatic amines is 1. The van der Waals surface area contributed by atoms with Crippen LogP contribution in [0.15, 0.2) is 30.5 Å². The summed E-state index contributed by atoms with van der Waals surface area (Å²) in [7, 11) is 0. The highest BCUT2D eigenvalue weighted by molar-refractivity contribution is 8.00. The number of ketones is 1. The van der Waals surface area contributed by atoms with Crippen molar-refractivity contribution in [3.8, 4) is 0 Å². The van der Waals surface area contributed by atoms with Crippen LogP contribution in [0.25, 0.3) is 10.9 Å². The first-order valence-electron chi connectivity index (χ1n) is 7.51. The summed E-state index contributed by atoms with van der Waals surface area (Å²) in [6, 6.07) is 8.00. The second-order valence-corrected chi connectivity index (χ2v) is 8.11. The number of fused-ring (bicyclic) bond motifs is 1. The number of benzene rings is 1. The third-order valence-corrected chi connectivity index (χ3v) is 5.56. The van der Waals surface area contributed by atoms with E-state index in [1.165, 1.54) is 0 Å². The number of para-hydroxylation sites is 1. The number of nitrogens with zero attached hydrogens (tertiary/aromatic N) is 1. The topological polar surface area (TPSA) is 36.1 Å². The summed E-state index contributed by atoms with van der Waals surface area (Å²) in [4.78, 5) is 18.1. The molecule has 1 aromatic carbocycles. The van der Waals surface area contributed by atoms with Crippen LogP contribution in [-0.2, 0) is 0 Å². The largest absolute Gasteiger partial charge is 0.360 e. The van der Waals surface area contributed by atoms with Gasteiger partial charge in [0.2, 0.25) is 0 Å². The molecule has 1 saturated heterocycles. The quantitative estimate of drug-likeness (QED) is 0.881. The van der Waals surface area contributed by atoms with Crippen molar-refractivity contribution >= 4 is 28.4 Å². The van der Waals surface area contributed by atoms with Crippen molar-refractivity contribution < 1.29 is 4.79 Å². The van der Waals surface area contributed by atoms with Crippen molar-refractivity contribution in [2.24, 2.45) is 0 Å². The normalized spacial score (nSPS) is 19.5. The maximum absolute atomic E-state index is 12.6. The average Bonchev–Trinajstić information content (AvgIpc) is 2.81. The van der Waals surface area contributed by atoms with Crippen molar-refractivity contribution in [3.05, 3.63) is 36.0 Å². The lowest BCUT2D eigenvalue weighted by atomic mass is 10.1. The van der Waals surface area contributed by atoms with Gasteiger partial charge in [-0.05, 0) is 19.0 Å². The highest BCUT2D eigenvalue weighted by Crippen LogP contribution is 2.30. The standard InChI is InChI=1S/C17H22N2OS/c1-17(2)7-8-19(9-10-21-17)12-16(20)14-11-18-15-6-4-3-5-13(14)15/h3-6,11,18H,7-10,12H2,1-2H3. The Morgan fingerprint density at radius 3 is 3.00 bits per heavy atom. The first-order chi connectivity index (χ1) is 10.1. The number of hydrogen-bond donors (Lipinski definition) is 1. The zero-order valence-electron chi connectivity index (χ0n) is 12.7. The average molecular weight is 302 g/mol. The Balaban J connectivity index is 1.71. The van der Waals surface area contributed by atoms with Crippen LogP contribution in [-0.4, -0.2) is 45.8 Å². The number of nitrogens with one attached hydrogen (secondary N) is 1. The highest BCUT2D eigenvalue weighted by Gasteiger charge is 2.25. The summed E-state index contributed by atoms with van der Waals surface area (Å²) in [5, 5.41) is 1.03. The predicted molar refractivity (Wildman–Crippen MR) is 90.2 cm³/mol. The van der Waals surface area contributed by atoms with Crippen molar-refractivity contribution in [1.29, 1.82) is 0 Å².